The third-order valence-electron chi connectivity index (χ3n) is 11.0. The van der Waals surface area contributed by atoms with Crippen molar-refractivity contribution in [2.45, 2.75) is 20.3 Å². The van der Waals surface area contributed by atoms with E-state index in [1.54, 1.807) is 0 Å². The van der Waals surface area contributed by atoms with E-state index in [0.29, 0.717) is 0 Å². The van der Waals surface area contributed by atoms with Gasteiger partial charge in [0.1, 0.15) is 22.2 Å². The van der Waals surface area contributed by atoms with E-state index in [-0.39, 0.29) is 0 Å². The average molecular weight is 683 g/mol. The highest BCUT2D eigenvalue weighted by Gasteiger charge is 2.22. The summed E-state index contributed by atoms with van der Waals surface area (Å²) in [7, 11) is 0. The van der Waals surface area contributed by atoms with Crippen molar-refractivity contribution in [1.29, 1.82) is 0 Å². The fourth-order valence-electron chi connectivity index (χ4n) is 8.70. The van der Waals surface area contributed by atoms with Gasteiger partial charge in [-0.1, -0.05) is 85.8 Å². The normalized spacial score (nSPS) is 13.0. The smallest absolute Gasteiger partial charge is 0.145 e. The molecule has 0 atom stereocenters. The van der Waals surface area contributed by atoms with Crippen LogP contribution in [0.3, 0.4) is 0 Å². The minimum Gasteiger partial charge on any atom is -0.456 e. The number of hydrogen-bond donors (Lipinski definition) is 0. The summed E-state index contributed by atoms with van der Waals surface area (Å²) >= 11 is 0. The van der Waals surface area contributed by atoms with Crippen LogP contribution in [0.5, 0.6) is 0 Å². The van der Waals surface area contributed by atoms with Crippen LogP contribution in [-0.4, -0.2) is 9.13 Å². The Balaban J connectivity index is 1.16. The van der Waals surface area contributed by atoms with E-state index in [4.69, 9.17) is 8.83 Å². The minimum absolute atomic E-state index is 0.914. The first-order valence-corrected chi connectivity index (χ1v) is 18.4. The van der Waals surface area contributed by atoms with Crippen molar-refractivity contribution in [1.82, 2.24) is 9.13 Å². The topological polar surface area (TPSA) is 36.1 Å². The molecule has 0 aliphatic carbocycles. The van der Waals surface area contributed by atoms with Gasteiger partial charge in [-0.05, 0) is 103 Å². The van der Waals surface area contributed by atoms with Crippen LogP contribution in [0.15, 0.2) is 154 Å². The molecule has 4 heteroatoms. The van der Waals surface area contributed by atoms with Gasteiger partial charge in [0.2, 0.25) is 0 Å². The molecule has 0 fully saturated rings. The summed E-state index contributed by atoms with van der Waals surface area (Å²) in [6.07, 6.45) is 5.25. The van der Waals surface area contributed by atoms with Crippen LogP contribution in [-0.2, 0) is 0 Å². The van der Waals surface area contributed by atoms with Crippen LogP contribution < -0.4 is 10.6 Å². The fraction of sp³-hybridized carbons (Fsp3) is 0.0612. The SMILES string of the molecule is C/C=c1/oc2ccc(-c3cccc(-n4c5ccccc5c5c6oc7c(ccc8c7c7ccccc7n8-c7ccccc7)c6ccc54)c3)cc2/c1=C/CC. The van der Waals surface area contributed by atoms with Crippen molar-refractivity contribution in [3.8, 4) is 22.5 Å². The van der Waals surface area contributed by atoms with E-state index in [9.17, 15) is 0 Å². The van der Waals surface area contributed by atoms with E-state index in [1.165, 1.54) is 21.5 Å². The fourth-order valence-corrected chi connectivity index (χ4v) is 8.70. The predicted molar refractivity (Wildman–Crippen MR) is 222 cm³/mol. The van der Waals surface area contributed by atoms with Crippen LogP contribution in [0.1, 0.15) is 20.3 Å². The number of benzene rings is 7. The summed E-state index contributed by atoms with van der Waals surface area (Å²) in [5.74, 6) is 0. The van der Waals surface area contributed by atoms with Gasteiger partial charge in [-0.25, -0.2) is 0 Å². The Morgan fingerprint density at radius 2 is 1.09 bits per heavy atom. The molecule has 0 aliphatic heterocycles. The van der Waals surface area contributed by atoms with Crippen molar-refractivity contribution in [3.05, 3.63) is 156 Å². The number of furan rings is 2. The minimum atomic E-state index is 0.914. The lowest BCUT2D eigenvalue weighted by molar-refractivity contribution is 0.575. The molecular weight excluding hydrogens is 649 g/mol. The first kappa shape index (κ1) is 29.9. The second kappa shape index (κ2) is 11.4. The molecule has 0 saturated carbocycles. The molecule has 0 spiro atoms. The lowest BCUT2D eigenvalue weighted by atomic mass is 10.0. The molecule has 0 N–H and O–H groups in total. The molecule has 252 valence electrons. The van der Waals surface area contributed by atoms with Gasteiger partial charge in [0.25, 0.3) is 0 Å². The molecule has 0 amide bonds. The summed E-state index contributed by atoms with van der Waals surface area (Å²) in [5.41, 5.74) is 12.8. The molecule has 0 bridgehead atoms. The third kappa shape index (κ3) is 4.24. The summed E-state index contributed by atoms with van der Waals surface area (Å²) in [5, 5.41) is 9.19. The maximum atomic E-state index is 7.13. The summed E-state index contributed by atoms with van der Waals surface area (Å²) < 4.78 is 18.1. The maximum Gasteiger partial charge on any atom is 0.145 e. The van der Waals surface area contributed by atoms with E-state index in [1.807, 2.05) is 6.92 Å². The average Bonchev–Trinajstić information content (AvgIpc) is 3.95. The quantitative estimate of drug-likeness (QED) is 0.185. The highest BCUT2D eigenvalue weighted by atomic mass is 16.3. The molecule has 0 saturated heterocycles. The molecule has 4 aromatic heterocycles. The molecule has 0 unspecified atom stereocenters. The predicted octanol–water partition coefficient (Wildman–Crippen LogP) is 12.2. The number of fused-ring (bicyclic) bond motifs is 12. The van der Waals surface area contributed by atoms with Crippen LogP contribution in [0, 0.1) is 0 Å². The van der Waals surface area contributed by atoms with Gasteiger partial charge in [0.15, 0.2) is 0 Å². The van der Waals surface area contributed by atoms with Crippen LogP contribution >= 0.6 is 0 Å². The molecule has 4 nitrogen and oxygen atoms in total. The van der Waals surface area contributed by atoms with Crippen molar-refractivity contribution in [2.75, 3.05) is 0 Å². The molecule has 11 rings (SSSR count). The first-order chi connectivity index (χ1) is 26.2. The zero-order valence-corrected chi connectivity index (χ0v) is 29.4. The number of hydrogen-bond acceptors (Lipinski definition) is 2. The van der Waals surface area contributed by atoms with Crippen molar-refractivity contribution >= 4 is 88.7 Å². The Hall–Kier alpha value is -6.78. The Morgan fingerprint density at radius 1 is 0.491 bits per heavy atom. The molecule has 4 heterocycles. The van der Waals surface area contributed by atoms with Gasteiger partial charge in [0, 0.05) is 43.5 Å². The standard InChI is InChI=1S/C49H34N2O2/c1-3-13-34-39-29-31(22-27-45(39)52-44(34)4-2)30-14-12-17-33(28-30)51-41-21-11-9-19-38(41)47-43(51)26-24-36-35-23-25-42-46(48(35)53-49(36)47)37-18-8-10-20-40(37)50(42)32-15-6-5-7-16-32/h4-29H,3H2,1-2H3/b34-13-,44-4+. The molecule has 0 radical (unpaired) electrons. The van der Waals surface area contributed by atoms with Gasteiger partial charge < -0.3 is 18.0 Å². The Bertz CT molecular complexity index is 3390. The first-order valence-electron chi connectivity index (χ1n) is 18.4. The van der Waals surface area contributed by atoms with E-state index in [2.05, 4.69) is 174 Å². The van der Waals surface area contributed by atoms with Crippen LogP contribution in [0.4, 0.5) is 0 Å². The van der Waals surface area contributed by atoms with Crippen molar-refractivity contribution < 1.29 is 8.83 Å². The van der Waals surface area contributed by atoms with Crippen LogP contribution in [0.2, 0.25) is 0 Å². The Kier molecular flexibility index (Phi) is 6.41. The number of para-hydroxylation sites is 3. The number of rotatable bonds is 4. The molecule has 0 aliphatic rings. The van der Waals surface area contributed by atoms with Gasteiger partial charge in [-0.2, -0.15) is 0 Å². The highest BCUT2D eigenvalue weighted by molar-refractivity contribution is 6.29. The second-order valence-corrected chi connectivity index (χ2v) is 13.9. The van der Waals surface area contributed by atoms with Gasteiger partial charge in [0.05, 0.1) is 32.8 Å². The third-order valence-corrected chi connectivity index (χ3v) is 11.0. The van der Waals surface area contributed by atoms with Gasteiger partial charge >= 0.3 is 0 Å². The van der Waals surface area contributed by atoms with Gasteiger partial charge in [-0.3, -0.25) is 0 Å². The van der Waals surface area contributed by atoms with Crippen LogP contribution in [0.25, 0.3) is 111 Å². The van der Waals surface area contributed by atoms with Gasteiger partial charge in [-0.15, -0.1) is 0 Å². The zero-order valence-electron chi connectivity index (χ0n) is 29.4. The van der Waals surface area contributed by atoms with E-state index in [0.717, 1.165) is 94.6 Å². The van der Waals surface area contributed by atoms with E-state index >= 15 is 0 Å². The Labute approximate surface area is 304 Å². The highest BCUT2D eigenvalue weighted by Crippen LogP contribution is 2.44. The summed E-state index contributed by atoms with van der Waals surface area (Å²) in [6.45, 7) is 4.20. The lowest BCUT2D eigenvalue weighted by Gasteiger charge is -2.10. The Morgan fingerprint density at radius 3 is 1.75 bits per heavy atom. The molecule has 11 aromatic rings. The molecule has 7 aromatic carbocycles. The molecular formula is C49H34N2O2. The van der Waals surface area contributed by atoms with Crippen molar-refractivity contribution in [3.63, 3.8) is 0 Å². The monoisotopic (exact) mass is 682 g/mol. The second-order valence-electron chi connectivity index (χ2n) is 13.9. The largest absolute Gasteiger partial charge is 0.456 e. The zero-order chi connectivity index (χ0) is 35.2. The van der Waals surface area contributed by atoms with Crippen molar-refractivity contribution in [2.24, 2.45) is 0 Å². The number of nitrogens with zero attached hydrogens (tertiary/aromatic N) is 2. The molecule has 53 heavy (non-hydrogen) atoms. The number of aromatic nitrogens is 2. The summed E-state index contributed by atoms with van der Waals surface area (Å²) in [4.78, 5) is 0. The van der Waals surface area contributed by atoms with E-state index < -0.39 is 0 Å². The maximum absolute atomic E-state index is 7.13. The summed E-state index contributed by atoms with van der Waals surface area (Å²) in [6, 6.07) is 52.3. The lowest BCUT2D eigenvalue weighted by Crippen LogP contribution is -2.19.